The number of aromatic nitrogens is 2. The molecule has 0 bridgehead atoms. The first-order chi connectivity index (χ1) is 15.8. The van der Waals surface area contributed by atoms with Crippen molar-refractivity contribution in [1.29, 1.82) is 0 Å². The first-order valence-electron chi connectivity index (χ1n) is 9.39. The summed E-state index contributed by atoms with van der Waals surface area (Å²) in [4.78, 5) is 47.5. The van der Waals surface area contributed by atoms with Gasteiger partial charge in [-0.25, -0.2) is 9.78 Å². The summed E-state index contributed by atoms with van der Waals surface area (Å²) in [6.45, 7) is 1.60. The Labute approximate surface area is 194 Å². The molecule has 0 unspecified atom stereocenters. The highest BCUT2D eigenvalue weighted by Gasteiger charge is 2.56. The predicted molar refractivity (Wildman–Crippen MR) is 116 cm³/mol. The van der Waals surface area contributed by atoms with Gasteiger partial charge < -0.3 is 35.2 Å². The van der Waals surface area contributed by atoms with Gasteiger partial charge in [0.1, 0.15) is 36.6 Å². The Hall–Kier alpha value is -3.59. The molecule has 2 amide bonds. The number of nitrogens with two attached hydrogens (primary N) is 1. The zero-order valence-electron chi connectivity index (χ0n) is 17.3. The summed E-state index contributed by atoms with van der Waals surface area (Å²) in [5.41, 5.74) is 6.02. The maximum absolute atomic E-state index is 12.8. The van der Waals surface area contributed by atoms with E-state index in [2.05, 4.69) is 20.6 Å². The van der Waals surface area contributed by atoms with E-state index in [0.29, 0.717) is 11.3 Å². The van der Waals surface area contributed by atoms with Crippen LogP contribution in [-0.4, -0.2) is 74.8 Å². The molecule has 1 saturated heterocycles. The van der Waals surface area contributed by atoms with Crippen molar-refractivity contribution in [2.45, 2.75) is 24.4 Å². The SMILES string of the molecule is CO/N=C(\C(=O)N[C@@H]1C(=O)N2[C@@H](C(=O)O)C(COc3cc(C)on3)=CS[C@H]12)c1csc(N)n1. The van der Waals surface area contributed by atoms with Crippen molar-refractivity contribution in [1.82, 2.24) is 20.4 Å². The first kappa shape index (κ1) is 22.6. The number of aryl methyl sites for hydroxylation is 1. The smallest absolute Gasteiger partial charge is 0.330 e. The van der Waals surface area contributed by atoms with Crippen molar-refractivity contribution < 1.29 is 33.6 Å². The second kappa shape index (κ2) is 9.11. The average Bonchev–Trinajstić information content (AvgIpc) is 3.40. The minimum Gasteiger partial charge on any atom is -0.479 e. The van der Waals surface area contributed by atoms with Gasteiger partial charge in [0.05, 0.1) is 0 Å². The van der Waals surface area contributed by atoms with E-state index < -0.39 is 35.2 Å². The van der Waals surface area contributed by atoms with Crippen LogP contribution in [0.3, 0.4) is 0 Å². The summed E-state index contributed by atoms with van der Waals surface area (Å²) >= 11 is 2.32. The van der Waals surface area contributed by atoms with Crippen molar-refractivity contribution in [2.24, 2.45) is 5.16 Å². The number of carboxylic acid groups (broad SMARTS) is 1. The number of amides is 2. The van der Waals surface area contributed by atoms with Crippen LogP contribution in [0.2, 0.25) is 0 Å². The number of aliphatic carboxylic acids is 1. The van der Waals surface area contributed by atoms with Crippen LogP contribution in [0, 0.1) is 6.92 Å². The monoisotopic (exact) mass is 494 g/mol. The second-order valence-corrected chi connectivity index (χ2v) is 8.80. The van der Waals surface area contributed by atoms with E-state index in [9.17, 15) is 19.5 Å². The van der Waals surface area contributed by atoms with Gasteiger partial charge in [0.2, 0.25) is 5.91 Å². The molecule has 1 fully saturated rings. The number of oxime groups is 1. The Morgan fingerprint density at radius 2 is 2.24 bits per heavy atom. The Balaban J connectivity index is 1.47. The lowest BCUT2D eigenvalue weighted by Crippen LogP contribution is -2.74. The number of nitrogens with one attached hydrogen (secondary N) is 1. The third-order valence-corrected chi connectivity index (χ3v) is 6.63. The van der Waals surface area contributed by atoms with E-state index in [1.807, 2.05) is 0 Å². The normalized spacial score (nSPS) is 22.2. The van der Waals surface area contributed by atoms with Crippen LogP contribution in [-0.2, 0) is 19.2 Å². The summed E-state index contributed by atoms with van der Waals surface area (Å²) < 4.78 is 10.4. The molecule has 0 aromatic carbocycles. The number of nitrogens with zero attached hydrogens (tertiary/aromatic N) is 4. The number of nitrogen functional groups attached to an aromatic ring is 1. The van der Waals surface area contributed by atoms with Crippen LogP contribution in [0.25, 0.3) is 0 Å². The molecule has 15 heteroatoms. The minimum atomic E-state index is -1.24. The number of thioether (sulfide) groups is 1. The van der Waals surface area contributed by atoms with Crippen LogP contribution in [0.15, 0.2) is 32.1 Å². The highest BCUT2D eigenvalue weighted by molar-refractivity contribution is 8.03. The molecule has 2 aromatic rings. The zero-order valence-corrected chi connectivity index (χ0v) is 18.9. The topological polar surface area (TPSA) is 182 Å². The van der Waals surface area contributed by atoms with Crippen molar-refractivity contribution in [3.8, 4) is 5.88 Å². The van der Waals surface area contributed by atoms with Gasteiger partial charge in [-0.05, 0) is 17.5 Å². The number of carbonyl (C=O) groups is 3. The zero-order chi connectivity index (χ0) is 23.7. The lowest BCUT2D eigenvalue weighted by molar-refractivity contribution is -0.160. The first-order valence-corrected chi connectivity index (χ1v) is 11.2. The number of carbonyl (C=O) groups excluding carboxylic acids is 2. The van der Waals surface area contributed by atoms with Crippen LogP contribution in [0.4, 0.5) is 5.13 Å². The molecule has 4 rings (SSSR count). The Bertz CT molecular complexity index is 1160. The number of β-lactam (4-membered cyclic amide) rings is 1. The van der Waals surface area contributed by atoms with Crippen molar-refractivity contribution in [3.05, 3.63) is 33.9 Å². The molecule has 33 heavy (non-hydrogen) atoms. The molecular formula is C18H18N6O7S2. The molecule has 2 aliphatic heterocycles. The van der Waals surface area contributed by atoms with Gasteiger partial charge in [-0.3, -0.25) is 9.59 Å². The number of hydrogen-bond acceptors (Lipinski definition) is 12. The van der Waals surface area contributed by atoms with Gasteiger partial charge in [-0.15, -0.1) is 23.1 Å². The van der Waals surface area contributed by atoms with Crippen LogP contribution < -0.4 is 15.8 Å². The molecule has 4 heterocycles. The second-order valence-electron chi connectivity index (χ2n) is 6.91. The third-order valence-electron chi connectivity index (χ3n) is 4.74. The molecule has 0 saturated carbocycles. The van der Waals surface area contributed by atoms with Crippen molar-refractivity contribution in [2.75, 3.05) is 19.5 Å². The molecule has 4 N–H and O–H groups in total. The average molecular weight is 495 g/mol. The Morgan fingerprint density at radius 1 is 1.45 bits per heavy atom. The van der Waals surface area contributed by atoms with Gasteiger partial charge >= 0.3 is 5.97 Å². The quantitative estimate of drug-likeness (QED) is 0.259. The summed E-state index contributed by atoms with van der Waals surface area (Å²) in [6, 6.07) is -0.639. The molecule has 0 aliphatic carbocycles. The Morgan fingerprint density at radius 3 is 2.85 bits per heavy atom. The number of hydrogen-bond donors (Lipinski definition) is 3. The highest BCUT2D eigenvalue weighted by atomic mass is 32.2. The van der Waals surface area contributed by atoms with E-state index >= 15 is 0 Å². The molecule has 13 nitrogen and oxygen atoms in total. The summed E-state index contributed by atoms with van der Waals surface area (Å²) in [5, 5.41) is 22.5. The number of thiazole rings is 1. The largest absolute Gasteiger partial charge is 0.479 e. The summed E-state index contributed by atoms with van der Waals surface area (Å²) in [5.74, 6) is -1.72. The van der Waals surface area contributed by atoms with Crippen LogP contribution in [0.1, 0.15) is 11.5 Å². The van der Waals surface area contributed by atoms with Crippen LogP contribution >= 0.6 is 23.1 Å². The van der Waals surface area contributed by atoms with E-state index in [1.165, 1.54) is 29.2 Å². The molecule has 174 valence electrons. The Kier molecular flexibility index (Phi) is 6.24. The van der Waals surface area contributed by atoms with Crippen LogP contribution in [0.5, 0.6) is 5.88 Å². The van der Waals surface area contributed by atoms with Gasteiger partial charge in [-0.2, -0.15) is 0 Å². The fourth-order valence-electron chi connectivity index (χ4n) is 3.30. The fraction of sp³-hybridized carbons (Fsp3) is 0.333. The number of carboxylic acids is 1. The van der Waals surface area contributed by atoms with E-state index in [0.717, 1.165) is 11.3 Å². The fourth-order valence-corrected chi connectivity index (χ4v) is 5.06. The standard InChI is InChI=1S/C18H18N6O7S2/c1-7-3-10(22-31-7)30-4-8-5-32-16-12(15(26)24(16)13(8)17(27)28)21-14(25)11(23-29-2)9-6-33-18(19)20-9/h3,5-6,12-13,16H,4H2,1-2H3,(H2,19,20)(H,21,25)(H,27,28)/b23-11-/t12-,13-,16-/m1/s1. The maximum atomic E-state index is 12.8. The lowest BCUT2D eigenvalue weighted by atomic mass is 9.98. The summed E-state index contributed by atoms with van der Waals surface area (Å²) in [6.07, 6.45) is 0. The van der Waals surface area contributed by atoms with E-state index in [1.54, 1.807) is 18.4 Å². The van der Waals surface area contributed by atoms with Gasteiger partial charge in [0.15, 0.2) is 16.9 Å². The van der Waals surface area contributed by atoms with Crippen molar-refractivity contribution in [3.63, 3.8) is 0 Å². The third kappa shape index (κ3) is 4.36. The minimum absolute atomic E-state index is 0.0979. The highest BCUT2D eigenvalue weighted by Crippen LogP contribution is 2.40. The van der Waals surface area contributed by atoms with Gasteiger partial charge in [0.25, 0.3) is 11.8 Å². The predicted octanol–water partition coefficient (Wildman–Crippen LogP) is 0.188. The molecule has 2 aromatic heterocycles. The van der Waals surface area contributed by atoms with Crippen molar-refractivity contribution >= 4 is 51.7 Å². The molecule has 3 atom stereocenters. The maximum Gasteiger partial charge on any atom is 0.330 e. The molecule has 0 spiro atoms. The number of ether oxygens (including phenoxy) is 1. The number of fused-ring (bicyclic) bond motifs is 1. The molecule has 0 radical (unpaired) electrons. The summed E-state index contributed by atoms with van der Waals surface area (Å²) in [7, 11) is 1.27. The molecule has 2 aliphatic rings. The van der Waals surface area contributed by atoms with E-state index in [-0.39, 0.29) is 29.0 Å². The number of anilines is 1. The molecular weight excluding hydrogens is 476 g/mol. The van der Waals surface area contributed by atoms with E-state index in [4.69, 9.17) is 19.8 Å². The van der Waals surface area contributed by atoms with Gasteiger partial charge in [0, 0.05) is 17.0 Å². The lowest BCUT2D eigenvalue weighted by Gasteiger charge is -2.51. The number of rotatable bonds is 8. The van der Waals surface area contributed by atoms with Gasteiger partial charge in [-0.1, -0.05) is 5.16 Å².